The van der Waals surface area contributed by atoms with Crippen molar-refractivity contribution in [3.63, 3.8) is 0 Å². The molecule has 0 aromatic heterocycles. The van der Waals surface area contributed by atoms with Crippen LogP contribution in [0.15, 0.2) is 24.3 Å². The van der Waals surface area contributed by atoms with Gasteiger partial charge in [-0.3, -0.25) is 4.90 Å². The largest absolute Gasteiger partial charge is 0.317 e. The second kappa shape index (κ2) is 9.16. The van der Waals surface area contributed by atoms with Gasteiger partial charge < -0.3 is 5.32 Å². The van der Waals surface area contributed by atoms with Crippen molar-refractivity contribution < 1.29 is 0 Å². The molecule has 0 saturated carbocycles. The molecule has 2 rings (SSSR count). The predicted molar refractivity (Wildman–Crippen MR) is 93.0 cm³/mol. The molecule has 1 aliphatic heterocycles. The lowest BCUT2D eigenvalue weighted by Crippen LogP contribution is -2.36. The number of hydrogen-bond donors (Lipinski definition) is 1. The number of halogens is 2. The van der Waals surface area contributed by atoms with E-state index in [0.717, 1.165) is 19.0 Å². The molecule has 108 valence electrons. The summed E-state index contributed by atoms with van der Waals surface area (Å²) in [6, 6.07) is 8.92. The fourth-order valence-corrected chi connectivity index (χ4v) is 2.90. The summed E-state index contributed by atoms with van der Waals surface area (Å²) >= 11 is 2.36. The fourth-order valence-electron chi connectivity index (χ4n) is 2.55. The molecule has 4 heteroatoms. The Balaban J connectivity index is 0.00000180. The molecule has 0 aliphatic carbocycles. The van der Waals surface area contributed by atoms with Crippen LogP contribution < -0.4 is 5.32 Å². The molecular formula is C15H24ClIN2. The van der Waals surface area contributed by atoms with E-state index < -0.39 is 0 Å². The number of benzene rings is 1. The van der Waals surface area contributed by atoms with E-state index in [0.29, 0.717) is 0 Å². The minimum atomic E-state index is 0. The zero-order valence-corrected chi connectivity index (χ0v) is 14.5. The van der Waals surface area contributed by atoms with Crippen LogP contribution in [0.2, 0.25) is 0 Å². The molecule has 1 aromatic carbocycles. The van der Waals surface area contributed by atoms with Crippen LogP contribution in [0.4, 0.5) is 0 Å². The second-order valence-corrected chi connectivity index (χ2v) is 6.40. The first-order valence-corrected chi connectivity index (χ1v) is 8.03. The highest BCUT2D eigenvalue weighted by molar-refractivity contribution is 14.1. The molecule has 1 heterocycles. The van der Waals surface area contributed by atoms with Crippen LogP contribution >= 0.6 is 35.0 Å². The summed E-state index contributed by atoms with van der Waals surface area (Å²) < 4.78 is 1.32. The third-order valence-corrected chi connectivity index (χ3v) is 4.43. The first kappa shape index (κ1) is 17.2. The normalized spacial score (nSPS) is 17.2. The van der Waals surface area contributed by atoms with E-state index in [9.17, 15) is 0 Å². The molecule has 0 radical (unpaired) electrons. The Morgan fingerprint density at radius 3 is 2.42 bits per heavy atom. The molecular weight excluding hydrogens is 371 g/mol. The number of hydrogen-bond acceptors (Lipinski definition) is 2. The Hall–Kier alpha value is 0.160. The van der Waals surface area contributed by atoms with E-state index in [-0.39, 0.29) is 12.4 Å². The molecule has 1 aromatic rings. The summed E-state index contributed by atoms with van der Waals surface area (Å²) in [5, 5.41) is 3.47. The van der Waals surface area contributed by atoms with Crippen molar-refractivity contribution in [2.75, 3.05) is 26.2 Å². The molecule has 1 aliphatic rings. The van der Waals surface area contributed by atoms with Crippen LogP contribution in [0.25, 0.3) is 0 Å². The van der Waals surface area contributed by atoms with Crippen LogP contribution in [-0.2, 0) is 6.54 Å². The van der Waals surface area contributed by atoms with Crippen LogP contribution in [0.5, 0.6) is 0 Å². The fraction of sp³-hybridized carbons (Fsp3) is 0.600. The highest BCUT2D eigenvalue weighted by Crippen LogP contribution is 2.18. The van der Waals surface area contributed by atoms with Gasteiger partial charge in [-0.25, -0.2) is 0 Å². The Bertz CT molecular complexity index is 348. The maximum Gasteiger partial charge on any atom is 0.0233 e. The van der Waals surface area contributed by atoms with Crippen molar-refractivity contribution in [3.8, 4) is 0 Å². The lowest BCUT2D eigenvalue weighted by Gasteiger charge is -2.32. The van der Waals surface area contributed by atoms with E-state index in [4.69, 9.17) is 0 Å². The zero-order valence-electron chi connectivity index (χ0n) is 11.6. The molecule has 1 saturated heterocycles. The van der Waals surface area contributed by atoms with Gasteiger partial charge in [0.05, 0.1) is 0 Å². The van der Waals surface area contributed by atoms with E-state index in [2.05, 4.69) is 64.0 Å². The van der Waals surface area contributed by atoms with Crippen LogP contribution in [-0.4, -0.2) is 31.1 Å². The van der Waals surface area contributed by atoms with Crippen molar-refractivity contribution in [1.82, 2.24) is 10.2 Å². The van der Waals surface area contributed by atoms with Gasteiger partial charge in [-0.1, -0.05) is 19.1 Å². The third kappa shape index (κ3) is 5.98. The van der Waals surface area contributed by atoms with Crippen LogP contribution in [0.3, 0.4) is 0 Å². The summed E-state index contributed by atoms with van der Waals surface area (Å²) in [5.74, 6) is 0.887. The van der Waals surface area contributed by atoms with Crippen molar-refractivity contribution in [3.05, 3.63) is 33.4 Å². The van der Waals surface area contributed by atoms with Gasteiger partial charge >= 0.3 is 0 Å². The minimum absolute atomic E-state index is 0. The predicted octanol–water partition coefficient (Wildman–Crippen LogP) is 3.53. The third-order valence-electron chi connectivity index (χ3n) is 3.71. The minimum Gasteiger partial charge on any atom is -0.317 e. The van der Waals surface area contributed by atoms with Crippen molar-refractivity contribution in [1.29, 1.82) is 0 Å². The number of rotatable bonds is 5. The smallest absolute Gasteiger partial charge is 0.0233 e. The molecule has 0 unspecified atom stereocenters. The van der Waals surface area contributed by atoms with E-state index in [1.807, 2.05) is 0 Å². The average Bonchev–Trinajstić information content (AvgIpc) is 2.41. The van der Waals surface area contributed by atoms with Crippen molar-refractivity contribution >= 4 is 35.0 Å². The monoisotopic (exact) mass is 394 g/mol. The molecule has 0 amide bonds. The molecule has 1 fully saturated rings. The standard InChI is InChI=1S/C15H23IN2.ClH/c1-2-17-11-13-7-9-18(10-8-13)12-14-3-5-15(16)6-4-14;/h3-6,13,17H,2,7-12H2,1H3;1H. The Labute approximate surface area is 136 Å². The quantitative estimate of drug-likeness (QED) is 0.769. The van der Waals surface area contributed by atoms with Gasteiger partial charge in [0.2, 0.25) is 0 Å². The number of nitrogens with zero attached hydrogens (tertiary/aromatic N) is 1. The summed E-state index contributed by atoms with van der Waals surface area (Å²) in [5.41, 5.74) is 1.44. The SMILES string of the molecule is CCNCC1CCN(Cc2ccc(I)cc2)CC1.Cl. The van der Waals surface area contributed by atoms with Crippen LogP contribution in [0, 0.1) is 9.49 Å². The van der Waals surface area contributed by atoms with Crippen molar-refractivity contribution in [2.24, 2.45) is 5.92 Å². The Kier molecular flexibility index (Phi) is 8.30. The Morgan fingerprint density at radius 2 is 1.84 bits per heavy atom. The van der Waals surface area contributed by atoms with Crippen LogP contribution in [0.1, 0.15) is 25.3 Å². The molecule has 19 heavy (non-hydrogen) atoms. The number of piperidine rings is 1. The van der Waals surface area contributed by atoms with Crippen molar-refractivity contribution in [2.45, 2.75) is 26.3 Å². The van der Waals surface area contributed by atoms with Gasteiger partial charge in [0.15, 0.2) is 0 Å². The summed E-state index contributed by atoms with van der Waals surface area (Å²) in [6.07, 6.45) is 2.69. The van der Waals surface area contributed by atoms with Gasteiger partial charge in [-0.2, -0.15) is 0 Å². The van der Waals surface area contributed by atoms with Gasteiger partial charge in [0.25, 0.3) is 0 Å². The van der Waals surface area contributed by atoms with Gasteiger partial charge in [0, 0.05) is 10.1 Å². The first-order valence-electron chi connectivity index (χ1n) is 6.95. The summed E-state index contributed by atoms with van der Waals surface area (Å²) in [6.45, 7) is 8.11. The average molecular weight is 395 g/mol. The lowest BCUT2D eigenvalue weighted by atomic mass is 9.96. The van der Waals surface area contributed by atoms with Gasteiger partial charge in [-0.15, -0.1) is 12.4 Å². The zero-order chi connectivity index (χ0) is 12.8. The molecule has 1 N–H and O–H groups in total. The van der Waals surface area contributed by atoms with E-state index >= 15 is 0 Å². The maximum absolute atomic E-state index is 3.47. The topological polar surface area (TPSA) is 15.3 Å². The number of nitrogens with one attached hydrogen (secondary N) is 1. The highest BCUT2D eigenvalue weighted by Gasteiger charge is 2.18. The van der Waals surface area contributed by atoms with E-state index in [1.165, 1.54) is 41.6 Å². The molecule has 0 spiro atoms. The molecule has 0 bridgehead atoms. The van der Waals surface area contributed by atoms with Gasteiger partial charge in [-0.05, 0) is 85.2 Å². The lowest BCUT2D eigenvalue weighted by molar-refractivity contribution is 0.176. The maximum atomic E-state index is 3.47. The number of likely N-dealkylation sites (tertiary alicyclic amines) is 1. The molecule has 2 nitrogen and oxygen atoms in total. The molecule has 0 atom stereocenters. The van der Waals surface area contributed by atoms with Gasteiger partial charge in [0.1, 0.15) is 0 Å². The highest BCUT2D eigenvalue weighted by atomic mass is 127. The first-order chi connectivity index (χ1) is 8.78. The second-order valence-electron chi connectivity index (χ2n) is 5.15. The summed E-state index contributed by atoms with van der Waals surface area (Å²) in [4.78, 5) is 2.59. The summed E-state index contributed by atoms with van der Waals surface area (Å²) in [7, 11) is 0. The van der Waals surface area contributed by atoms with E-state index in [1.54, 1.807) is 0 Å². The Morgan fingerprint density at radius 1 is 1.21 bits per heavy atom.